The van der Waals surface area contributed by atoms with Crippen LogP contribution >= 0.6 is 0 Å². The molecule has 0 spiro atoms. The molecule has 0 saturated carbocycles. The van der Waals surface area contributed by atoms with Crippen molar-refractivity contribution < 1.29 is 4.79 Å². The smallest absolute Gasteiger partial charge is 0.263 e. The molecule has 0 atom stereocenters. The Hall–Kier alpha value is -3.53. The fraction of sp³-hybridized carbons (Fsp3) is 0.381. The maximum absolute atomic E-state index is 13.4. The molecule has 10 nitrogen and oxygen atoms in total. The van der Waals surface area contributed by atoms with Crippen LogP contribution in [0.1, 0.15) is 28.5 Å². The maximum Gasteiger partial charge on any atom is 0.263 e. The van der Waals surface area contributed by atoms with Gasteiger partial charge >= 0.3 is 0 Å². The summed E-state index contributed by atoms with van der Waals surface area (Å²) in [6.07, 6.45) is 3.53. The summed E-state index contributed by atoms with van der Waals surface area (Å²) in [6, 6.07) is 7.96. The van der Waals surface area contributed by atoms with Crippen LogP contribution < -0.4 is 20.4 Å². The minimum absolute atomic E-state index is 0.100. The third-order valence-electron chi connectivity index (χ3n) is 5.11. The average Bonchev–Trinajstić information content (AvgIpc) is 3.16. The van der Waals surface area contributed by atoms with E-state index in [2.05, 4.69) is 30.9 Å². The predicted molar refractivity (Wildman–Crippen MR) is 119 cm³/mol. The van der Waals surface area contributed by atoms with Crippen molar-refractivity contribution in [2.75, 3.05) is 48.8 Å². The molecule has 4 rings (SSSR count). The molecule has 3 aromatic rings. The second-order valence-corrected chi connectivity index (χ2v) is 7.45. The lowest BCUT2D eigenvalue weighted by atomic mass is 10.1. The van der Waals surface area contributed by atoms with Crippen LogP contribution in [0.3, 0.4) is 0 Å². The molecule has 2 N–H and O–H groups in total. The van der Waals surface area contributed by atoms with Gasteiger partial charge in [0.05, 0.1) is 18.4 Å². The Bertz CT molecular complexity index is 1060. The number of benzene rings is 1. The molecular weight excluding hydrogens is 394 g/mol. The van der Waals surface area contributed by atoms with Gasteiger partial charge in [-0.15, -0.1) is 5.10 Å². The highest BCUT2D eigenvalue weighted by Crippen LogP contribution is 2.27. The van der Waals surface area contributed by atoms with Gasteiger partial charge in [-0.05, 0) is 31.7 Å². The number of rotatable bonds is 7. The Morgan fingerprint density at radius 2 is 2.10 bits per heavy atom. The van der Waals surface area contributed by atoms with E-state index in [1.165, 1.54) is 0 Å². The van der Waals surface area contributed by atoms with Crippen LogP contribution in [-0.4, -0.2) is 64.6 Å². The van der Waals surface area contributed by atoms with Crippen molar-refractivity contribution in [3.8, 4) is 0 Å². The van der Waals surface area contributed by atoms with Crippen LogP contribution in [-0.2, 0) is 13.1 Å². The minimum Gasteiger partial charge on any atom is -0.357 e. The van der Waals surface area contributed by atoms with E-state index in [1.807, 2.05) is 56.4 Å². The number of aromatic nitrogens is 5. The Labute approximate surface area is 181 Å². The molecule has 0 fully saturated rings. The van der Waals surface area contributed by atoms with E-state index in [-0.39, 0.29) is 5.91 Å². The van der Waals surface area contributed by atoms with Crippen molar-refractivity contribution in [1.29, 1.82) is 0 Å². The standard InChI is InChI=1S/C21H27N9O/c1-4-23-21-24-12-18-19(25-21)28(3)8-9-30(20(18)31)17-7-5-6-15(10-17)13-29-14-16(11-22-2)26-27-29/h5-7,10,12,14,22H,4,8-9,11,13H2,1-3H3,(H,23,24,25). The number of carbonyl (C=O) groups excluding carboxylic acids is 1. The molecule has 1 aromatic carbocycles. The molecule has 0 radical (unpaired) electrons. The van der Waals surface area contributed by atoms with Crippen LogP contribution in [0.25, 0.3) is 0 Å². The highest BCUT2D eigenvalue weighted by Gasteiger charge is 2.28. The summed E-state index contributed by atoms with van der Waals surface area (Å²) in [4.78, 5) is 26.0. The van der Waals surface area contributed by atoms with Crippen LogP contribution in [0.2, 0.25) is 0 Å². The lowest BCUT2D eigenvalue weighted by Crippen LogP contribution is -2.33. The quantitative estimate of drug-likeness (QED) is 0.589. The number of likely N-dealkylation sites (N-methyl/N-ethyl adjacent to an activating group) is 1. The van der Waals surface area contributed by atoms with Crippen molar-refractivity contribution in [2.45, 2.75) is 20.0 Å². The first-order valence-electron chi connectivity index (χ1n) is 10.4. The molecule has 0 aliphatic carbocycles. The van der Waals surface area contributed by atoms with Crippen LogP contribution in [0.4, 0.5) is 17.5 Å². The first-order valence-corrected chi connectivity index (χ1v) is 10.4. The van der Waals surface area contributed by atoms with Gasteiger partial charge in [-0.3, -0.25) is 4.79 Å². The van der Waals surface area contributed by atoms with Gasteiger partial charge in [-0.1, -0.05) is 17.3 Å². The van der Waals surface area contributed by atoms with Crippen molar-refractivity contribution in [2.24, 2.45) is 0 Å². The molecule has 0 unspecified atom stereocenters. The number of anilines is 3. The van der Waals surface area contributed by atoms with Gasteiger partial charge in [0.25, 0.3) is 5.91 Å². The van der Waals surface area contributed by atoms with E-state index < -0.39 is 0 Å². The number of amides is 1. The van der Waals surface area contributed by atoms with Gasteiger partial charge in [-0.2, -0.15) is 4.98 Å². The molecule has 10 heteroatoms. The largest absolute Gasteiger partial charge is 0.357 e. The Morgan fingerprint density at radius 1 is 1.23 bits per heavy atom. The molecule has 3 heterocycles. The fourth-order valence-electron chi connectivity index (χ4n) is 3.59. The van der Waals surface area contributed by atoms with Crippen LogP contribution in [0.5, 0.6) is 0 Å². The van der Waals surface area contributed by atoms with Gasteiger partial charge in [0.15, 0.2) is 0 Å². The normalized spacial score (nSPS) is 13.8. The SMILES string of the molecule is CCNc1ncc2c(n1)N(C)CCN(c1cccc(Cn3cc(CNC)nn3)c1)C2=O. The van der Waals surface area contributed by atoms with Gasteiger partial charge in [0.1, 0.15) is 11.4 Å². The number of fused-ring (bicyclic) bond motifs is 1. The first-order chi connectivity index (χ1) is 15.1. The minimum atomic E-state index is -0.100. The van der Waals surface area contributed by atoms with E-state index in [4.69, 9.17) is 0 Å². The summed E-state index contributed by atoms with van der Waals surface area (Å²) in [7, 11) is 3.82. The monoisotopic (exact) mass is 421 g/mol. The van der Waals surface area contributed by atoms with Gasteiger partial charge < -0.3 is 20.4 Å². The zero-order valence-corrected chi connectivity index (χ0v) is 18.0. The van der Waals surface area contributed by atoms with E-state index >= 15 is 0 Å². The van der Waals surface area contributed by atoms with Gasteiger partial charge in [0.2, 0.25) is 5.95 Å². The number of nitrogens with one attached hydrogen (secondary N) is 2. The third-order valence-corrected chi connectivity index (χ3v) is 5.11. The first kappa shape index (κ1) is 20.7. The van der Waals surface area contributed by atoms with E-state index in [0.29, 0.717) is 43.5 Å². The molecule has 0 saturated heterocycles. The third kappa shape index (κ3) is 4.48. The van der Waals surface area contributed by atoms with E-state index in [1.54, 1.807) is 15.8 Å². The molecule has 1 amide bonds. The Morgan fingerprint density at radius 3 is 2.90 bits per heavy atom. The highest BCUT2D eigenvalue weighted by molar-refractivity contribution is 6.09. The summed E-state index contributed by atoms with van der Waals surface area (Å²) in [6.45, 7) is 5.19. The second kappa shape index (κ2) is 9.09. The van der Waals surface area contributed by atoms with Gasteiger partial charge in [-0.25, -0.2) is 9.67 Å². The number of hydrogen-bond donors (Lipinski definition) is 2. The summed E-state index contributed by atoms with van der Waals surface area (Å²) < 4.78 is 1.80. The number of hydrogen-bond acceptors (Lipinski definition) is 8. The van der Waals surface area contributed by atoms with Gasteiger partial charge in [0, 0.05) is 45.1 Å². The lowest BCUT2D eigenvalue weighted by molar-refractivity contribution is 0.0989. The lowest BCUT2D eigenvalue weighted by Gasteiger charge is -2.21. The molecule has 1 aliphatic rings. The molecule has 2 aromatic heterocycles. The molecular formula is C21H27N9O. The van der Waals surface area contributed by atoms with E-state index in [9.17, 15) is 4.79 Å². The zero-order chi connectivity index (χ0) is 21.8. The van der Waals surface area contributed by atoms with Crippen molar-refractivity contribution >= 4 is 23.4 Å². The molecule has 0 bridgehead atoms. The average molecular weight is 422 g/mol. The van der Waals surface area contributed by atoms with Crippen molar-refractivity contribution in [1.82, 2.24) is 30.3 Å². The maximum atomic E-state index is 13.4. The zero-order valence-electron chi connectivity index (χ0n) is 18.0. The highest BCUT2D eigenvalue weighted by atomic mass is 16.2. The summed E-state index contributed by atoms with van der Waals surface area (Å²) >= 11 is 0. The summed E-state index contributed by atoms with van der Waals surface area (Å²) in [5.74, 6) is 1.08. The molecule has 31 heavy (non-hydrogen) atoms. The Kier molecular flexibility index (Phi) is 6.08. The number of carbonyl (C=O) groups is 1. The van der Waals surface area contributed by atoms with Crippen molar-refractivity contribution in [3.63, 3.8) is 0 Å². The topological polar surface area (TPSA) is 104 Å². The van der Waals surface area contributed by atoms with Crippen LogP contribution in [0.15, 0.2) is 36.7 Å². The van der Waals surface area contributed by atoms with Crippen LogP contribution in [0, 0.1) is 0 Å². The van der Waals surface area contributed by atoms with E-state index in [0.717, 1.165) is 23.5 Å². The second-order valence-electron chi connectivity index (χ2n) is 7.45. The fourth-order valence-corrected chi connectivity index (χ4v) is 3.59. The molecule has 162 valence electrons. The predicted octanol–water partition coefficient (Wildman–Crippen LogP) is 1.36. The summed E-state index contributed by atoms with van der Waals surface area (Å²) in [5, 5.41) is 14.5. The number of nitrogens with zero attached hydrogens (tertiary/aromatic N) is 7. The molecule has 1 aliphatic heterocycles. The Balaban J connectivity index is 1.59. The summed E-state index contributed by atoms with van der Waals surface area (Å²) in [5.41, 5.74) is 3.27. The van der Waals surface area contributed by atoms with Crippen molar-refractivity contribution in [3.05, 3.63) is 53.5 Å².